The van der Waals surface area contributed by atoms with Gasteiger partial charge in [0.05, 0.1) is 4.90 Å². The third-order valence-electron chi connectivity index (χ3n) is 4.86. The van der Waals surface area contributed by atoms with E-state index in [1.54, 1.807) is 35.6 Å². The predicted molar refractivity (Wildman–Crippen MR) is 111 cm³/mol. The Morgan fingerprint density at radius 2 is 1.68 bits per heavy atom. The molecule has 2 aromatic carbocycles. The molecule has 0 unspecified atom stereocenters. The lowest BCUT2D eigenvalue weighted by atomic mass is 10.1. The number of nitrogens with zero attached hydrogens (tertiary/aromatic N) is 1. The summed E-state index contributed by atoms with van der Waals surface area (Å²) in [6.45, 7) is 0.301. The summed E-state index contributed by atoms with van der Waals surface area (Å²) in [4.78, 5) is 12.0. The van der Waals surface area contributed by atoms with E-state index in [0.29, 0.717) is 22.9 Å². The van der Waals surface area contributed by atoms with Crippen LogP contribution in [-0.2, 0) is 23.0 Å². The fraction of sp³-hybridized carbons (Fsp3) is 0.381. The number of carbonyl (C=O) groups is 1. The van der Waals surface area contributed by atoms with Gasteiger partial charge in [0.2, 0.25) is 10.0 Å². The highest BCUT2D eigenvalue weighted by molar-refractivity contribution is 7.89. The van der Waals surface area contributed by atoms with Crippen LogP contribution in [0.25, 0.3) is 0 Å². The minimum atomic E-state index is -3.58. The smallest absolute Gasteiger partial charge is 0.251 e. The quantitative estimate of drug-likeness (QED) is 0.630. The molecule has 1 amide bonds. The lowest BCUT2D eigenvalue weighted by Crippen LogP contribution is -2.32. The van der Waals surface area contributed by atoms with Gasteiger partial charge in [0.1, 0.15) is 0 Å². The van der Waals surface area contributed by atoms with Crippen LogP contribution in [0.15, 0.2) is 53.4 Å². The second-order valence-corrected chi connectivity index (χ2v) is 9.26. The van der Waals surface area contributed by atoms with Crippen molar-refractivity contribution >= 4 is 27.5 Å². The summed E-state index contributed by atoms with van der Waals surface area (Å²) >= 11 is 5.73. The fourth-order valence-electron chi connectivity index (χ4n) is 3.09. The second-order valence-electron chi connectivity index (χ2n) is 6.99. The van der Waals surface area contributed by atoms with Gasteiger partial charge in [0.15, 0.2) is 0 Å². The molecule has 0 heterocycles. The molecule has 1 N–H and O–H groups in total. The van der Waals surface area contributed by atoms with Gasteiger partial charge in [0, 0.05) is 31.1 Å². The van der Waals surface area contributed by atoms with E-state index in [0.717, 1.165) is 36.8 Å². The third-order valence-corrected chi connectivity index (χ3v) is 7.04. The van der Waals surface area contributed by atoms with Crippen LogP contribution in [0.4, 0.5) is 0 Å². The Balaban J connectivity index is 1.78. The van der Waals surface area contributed by atoms with Gasteiger partial charge in [-0.3, -0.25) is 4.79 Å². The summed E-state index contributed by atoms with van der Waals surface area (Å²) in [7, 11) is -1.99. The minimum Gasteiger partial charge on any atom is -0.355 e. The van der Waals surface area contributed by atoms with Crippen molar-refractivity contribution in [2.24, 2.45) is 0 Å². The van der Waals surface area contributed by atoms with E-state index in [4.69, 9.17) is 11.6 Å². The minimum absolute atomic E-state index is 0.0412. The maximum Gasteiger partial charge on any atom is 0.251 e. The van der Waals surface area contributed by atoms with E-state index in [-0.39, 0.29) is 11.9 Å². The molecule has 1 aliphatic carbocycles. The first-order valence-corrected chi connectivity index (χ1v) is 11.4. The molecule has 1 aliphatic rings. The summed E-state index contributed by atoms with van der Waals surface area (Å²) in [6.07, 6.45) is 3.47. The Bertz CT molecular complexity index is 908. The molecule has 0 saturated heterocycles. The number of amides is 1. The monoisotopic (exact) mass is 420 g/mol. The SMILES string of the molecule is CNC(=O)c1ccc(CN(C2CC2)S(=O)(=O)c2ccc(CCCCl)cc2)cc1. The van der Waals surface area contributed by atoms with E-state index in [2.05, 4.69) is 5.32 Å². The first-order valence-electron chi connectivity index (χ1n) is 9.43. The average Bonchev–Trinajstić information content (AvgIpc) is 3.55. The normalized spacial score (nSPS) is 14.2. The largest absolute Gasteiger partial charge is 0.355 e. The Labute approximate surface area is 171 Å². The summed E-state index contributed by atoms with van der Waals surface area (Å²) in [6, 6.07) is 14.2. The Kier molecular flexibility index (Phi) is 6.75. The number of aryl methyl sites for hydroxylation is 1. The molecule has 1 fully saturated rings. The van der Waals surface area contributed by atoms with Gasteiger partial charge in [0.25, 0.3) is 5.91 Å². The first kappa shape index (κ1) is 20.8. The van der Waals surface area contributed by atoms with Crippen molar-refractivity contribution in [1.82, 2.24) is 9.62 Å². The summed E-state index contributed by atoms with van der Waals surface area (Å²) in [5.41, 5.74) is 2.50. The van der Waals surface area contributed by atoms with Crippen LogP contribution in [0.5, 0.6) is 0 Å². The van der Waals surface area contributed by atoms with E-state index in [9.17, 15) is 13.2 Å². The van der Waals surface area contributed by atoms with Crippen molar-refractivity contribution in [3.8, 4) is 0 Å². The average molecular weight is 421 g/mol. The summed E-state index contributed by atoms with van der Waals surface area (Å²) < 4.78 is 28.0. The molecule has 0 radical (unpaired) electrons. The van der Waals surface area contributed by atoms with Crippen LogP contribution in [0.3, 0.4) is 0 Å². The Hall–Kier alpha value is -1.89. The maximum atomic E-state index is 13.2. The van der Waals surface area contributed by atoms with E-state index in [1.807, 2.05) is 24.3 Å². The van der Waals surface area contributed by atoms with Crippen LogP contribution < -0.4 is 5.32 Å². The zero-order valence-electron chi connectivity index (χ0n) is 15.9. The van der Waals surface area contributed by atoms with E-state index in [1.165, 1.54) is 0 Å². The molecule has 28 heavy (non-hydrogen) atoms. The molecule has 5 nitrogen and oxygen atoms in total. The number of benzene rings is 2. The molecule has 150 valence electrons. The number of rotatable bonds is 9. The molecular formula is C21H25ClN2O3S. The number of nitrogens with one attached hydrogen (secondary N) is 1. The molecular weight excluding hydrogens is 396 g/mol. The lowest BCUT2D eigenvalue weighted by molar-refractivity contribution is 0.0963. The number of carbonyl (C=O) groups excluding carboxylic acids is 1. The molecule has 0 aromatic heterocycles. The van der Waals surface area contributed by atoms with Crippen molar-refractivity contribution < 1.29 is 13.2 Å². The lowest BCUT2D eigenvalue weighted by Gasteiger charge is -2.22. The first-order chi connectivity index (χ1) is 13.5. The number of hydrogen-bond acceptors (Lipinski definition) is 3. The van der Waals surface area contributed by atoms with Crippen LogP contribution in [0.1, 0.15) is 40.7 Å². The van der Waals surface area contributed by atoms with Crippen molar-refractivity contribution in [1.29, 1.82) is 0 Å². The highest BCUT2D eigenvalue weighted by Crippen LogP contribution is 2.33. The van der Waals surface area contributed by atoms with Crippen LogP contribution in [0, 0.1) is 0 Å². The third kappa shape index (κ3) is 4.93. The number of halogens is 1. The summed E-state index contributed by atoms with van der Waals surface area (Å²) in [5.74, 6) is 0.432. The molecule has 3 rings (SSSR count). The Morgan fingerprint density at radius 3 is 2.21 bits per heavy atom. The van der Waals surface area contributed by atoms with Gasteiger partial charge in [-0.2, -0.15) is 4.31 Å². The highest BCUT2D eigenvalue weighted by atomic mass is 35.5. The molecule has 0 spiro atoms. The molecule has 7 heteroatoms. The van der Waals surface area contributed by atoms with Crippen molar-refractivity contribution in [3.63, 3.8) is 0 Å². The second kappa shape index (κ2) is 9.07. The van der Waals surface area contributed by atoms with E-state index >= 15 is 0 Å². The van der Waals surface area contributed by atoms with Crippen molar-refractivity contribution in [2.75, 3.05) is 12.9 Å². The van der Waals surface area contributed by atoms with Crippen LogP contribution >= 0.6 is 11.6 Å². The molecule has 2 aromatic rings. The van der Waals surface area contributed by atoms with Crippen molar-refractivity contribution in [2.45, 2.75) is 43.2 Å². The van der Waals surface area contributed by atoms with Gasteiger partial charge in [-0.05, 0) is 61.1 Å². The number of hydrogen-bond donors (Lipinski definition) is 1. The van der Waals surface area contributed by atoms with Crippen molar-refractivity contribution in [3.05, 3.63) is 65.2 Å². The number of alkyl halides is 1. The van der Waals surface area contributed by atoms with Crippen LogP contribution in [0.2, 0.25) is 0 Å². The zero-order chi connectivity index (χ0) is 20.1. The maximum absolute atomic E-state index is 13.2. The zero-order valence-corrected chi connectivity index (χ0v) is 17.5. The van der Waals surface area contributed by atoms with Gasteiger partial charge in [-0.25, -0.2) is 8.42 Å². The number of sulfonamides is 1. The fourth-order valence-corrected chi connectivity index (χ4v) is 4.90. The van der Waals surface area contributed by atoms with Gasteiger partial charge in [-0.15, -0.1) is 11.6 Å². The van der Waals surface area contributed by atoms with Gasteiger partial charge >= 0.3 is 0 Å². The summed E-state index contributed by atoms with van der Waals surface area (Å²) in [5, 5.41) is 2.58. The highest BCUT2D eigenvalue weighted by Gasteiger charge is 2.38. The molecule has 0 bridgehead atoms. The van der Waals surface area contributed by atoms with Gasteiger partial charge < -0.3 is 5.32 Å². The molecule has 0 atom stereocenters. The van der Waals surface area contributed by atoms with Crippen LogP contribution in [-0.4, -0.2) is 37.6 Å². The van der Waals surface area contributed by atoms with E-state index < -0.39 is 10.0 Å². The standard InChI is InChI=1S/C21H25ClN2O3S/c1-23-21(25)18-8-4-17(5-9-18)15-24(19-10-11-19)28(26,27)20-12-6-16(7-13-20)3-2-14-22/h4-9,12-13,19H,2-3,10-11,14-15H2,1H3,(H,23,25). The molecule has 0 aliphatic heterocycles. The Morgan fingerprint density at radius 1 is 1.07 bits per heavy atom. The van der Waals surface area contributed by atoms with Gasteiger partial charge in [-0.1, -0.05) is 24.3 Å². The molecule has 1 saturated carbocycles. The predicted octanol–water partition coefficient (Wildman–Crippen LogP) is 3.57. The topological polar surface area (TPSA) is 66.5 Å².